The molecule has 0 saturated heterocycles. The van der Waals surface area contributed by atoms with E-state index in [1.807, 2.05) is 0 Å². The number of nitrogens with one attached hydrogen (secondary N) is 1. The molecule has 0 aliphatic carbocycles. The number of hydrogen-bond acceptors (Lipinski definition) is 3. The van der Waals surface area contributed by atoms with Gasteiger partial charge in [-0.1, -0.05) is 20.3 Å². The third kappa shape index (κ3) is 9.13. The molecule has 1 unspecified atom stereocenters. The molecule has 0 rings (SSSR count). The van der Waals surface area contributed by atoms with Crippen LogP contribution in [0.5, 0.6) is 0 Å². The Morgan fingerprint density at radius 2 is 1.81 bits per heavy atom. The summed E-state index contributed by atoms with van der Waals surface area (Å²) in [6.45, 7) is 9.75. The maximum Gasteiger partial charge on any atom is 0.0615 e. The number of ether oxygens (including phenoxy) is 1. The summed E-state index contributed by atoms with van der Waals surface area (Å²) in [5.41, 5.74) is 0. The molecule has 0 spiro atoms. The van der Waals surface area contributed by atoms with Gasteiger partial charge in [-0.05, 0) is 39.9 Å². The third-order valence-electron chi connectivity index (χ3n) is 2.90. The van der Waals surface area contributed by atoms with Crippen LogP contribution >= 0.6 is 0 Å². The van der Waals surface area contributed by atoms with Crippen molar-refractivity contribution in [3.8, 4) is 0 Å². The summed E-state index contributed by atoms with van der Waals surface area (Å²) in [5, 5.41) is 3.44. The van der Waals surface area contributed by atoms with Crippen molar-refractivity contribution in [1.29, 1.82) is 0 Å². The Hall–Kier alpha value is -0.120. The highest BCUT2D eigenvalue weighted by atomic mass is 16.5. The van der Waals surface area contributed by atoms with Crippen molar-refractivity contribution in [2.75, 3.05) is 33.9 Å². The first kappa shape index (κ1) is 15.9. The van der Waals surface area contributed by atoms with Gasteiger partial charge in [-0.3, -0.25) is 0 Å². The van der Waals surface area contributed by atoms with Gasteiger partial charge in [0.2, 0.25) is 0 Å². The van der Waals surface area contributed by atoms with Crippen molar-refractivity contribution in [3.05, 3.63) is 0 Å². The molecule has 0 fully saturated rings. The summed E-state index contributed by atoms with van der Waals surface area (Å²) >= 11 is 0. The molecule has 0 aliphatic heterocycles. The van der Waals surface area contributed by atoms with E-state index in [9.17, 15) is 0 Å². The van der Waals surface area contributed by atoms with Gasteiger partial charge >= 0.3 is 0 Å². The zero-order valence-corrected chi connectivity index (χ0v) is 11.8. The van der Waals surface area contributed by atoms with Gasteiger partial charge in [-0.2, -0.15) is 0 Å². The summed E-state index contributed by atoms with van der Waals surface area (Å²) < 4.78 is 5.14. The molecule has 0 aromatic rings. The highest BCUT2D eigenvalue weighted by Crippen LogP contribution is 2.01. The molecule has 98 valence electrons. The van der Waals surface area contributed by atoms with Crippen LogP contribution < -0.4 is 5.32 Å². The van der Waals surface area contributed by atoms with Gasteiger partial charge < -0.3 is 15.0 Å². The van der Waals surface area contributed by atoms with Gasteiger partial charge in [-0.15, -0.1) is 0 Å². The average molecular weight is 230 g/mol. The summed E-state index contributed by atoms with van der Waals surface area (Å²) in [5.74, 6) is 0. The Morgan fingerprint density at radius 3 is 2.38 bits per heavy atom. The van der Waals surface area contributed by atoms with Crippen LogP contribution in [0.15, 0.2) is 0 Å². The highest BCUT2D eigenvalue weighted by molar-refractivity contribution is 4.62. The molecule has 0 radical (unpaired) electrons. The van der Waals surface area contributed by atoms with Gasteiger partial charge in [-0.25, -0.2) is 0 Å². The van der Waals surface area contributed by atoms with Crippen LogP contribution in [0.25, 0.3) is 0 Å². The van der Waals surface area contributed by atoms with E-state index in [4.69, 9.17) is 4.74 Å². The SMILES string of the molecule is COCC(C)N(C)CCCCCNC(C)C. The molecule has 3 nitrogen and oxygen atoms in total. The van der Waals surface area contributed by atoms with Gasteiger partial charge in [0.1, 0.15) is 0 Å². The summed E-state index contributed by atoms with van der Waals surface area (Å²) in [7, 11) is 3.94. The average Bonchev–Trinajstić information content (AvgIpc) is 2.22. The van der Waals surface area contributed by atoms with E-state index in [2.05, 4.69) is 38.0 Å². The first-order chi connectivity index (χ1) is 7.57. The van der Waals surface area contributed by atoms with Gasteiger partial charge in [0.05, 0.1) is 6.61 Å². The second kappa shape index (κ2) is 10.1. The smallest absolute Gasteiger partial charge is 0.0615 e. The third-order valence-corrected chi connectivity index (χ3v) is 2.90. The zero-order valence-electron chi connectivity index (χ0n) is 11.8. The second-order valence-corrected chi connectivity index (χ2v) is 4.95. The van der Waals surface area contributed by atoms with Crippen LogP contribution in [0.4, 0.5) is 0 Å². The van der Waals surface area contributed by atoms with Crippen LogP contribution in [0.2, 0.25) is 0 Å². The summed E-state index contributed by atoms with van der Waals surface area (Å²) in [6, 6.07) is 1.14. The molecule has 0 heterocycles. The van der Waals surface area contributed by atoms with E-state index in [0.717, 1.165) is 13.2 Å². The Bertz CT molecular complexity index is 151. The van der Waals surface area contributed by atoms with Crippen LogP contribution in [-0.2, 0) is 4.74 Å². The van der Waals surface area contributed by atoms with E-state index in [1.54, 1.807) is 7.11 Å². The number of unbranched alkanes of at least 4 members (excludes halogenated alkanes) is 2. The Morgan fingerprint density at radius 1 is 1.12 bits per heavy atom. The first-order valence-electron chi connectivity index (χ1n) is 6.50. The van der Waals surface area contributed by atoms with E-state index in [1.165, 1.54) is 25.8 Å². The molecule has 0 aromatic heterocycles. The monoisotopic (exact) mass is 230 g/mol. The predicted molar refractivity (Wildman–Crippen MR) is 71.0 cm³/mol. The molecule has 1 atom stereocenters. The van der Waals surface area contributed by atoms with Gasteiger partial charge in [0, 0.05) is 19.2 Å². The Kier molecular flexibility index (Phi) is 9.99. The zero-order chi connectivity index (χ0) is 12.4. The molecule has 0 saturated carbocycles. The molecule has 0 bridgehead atoms. The lowest BCUT2D eigenvalue weighted by Crippen LogP contribution is -2.33. The molecule has 0 aliphatic rings. The minimum absolute atomic E-state index is 0.527. The lowest BCUT2D eigenvalue weighted by atomic mass is 10.2. The molecule has 1 N–H and O–H groups in total. The van der Waals surface area contributed by atoms with Gasteiger partial charge in [0.15, 0.2) is 0 Å². The molecule has 0 aromatic carbocycles. The van der Waals surface area contributed by atoms with Crippen LogP contribution in [0.3, 0.4) is 0 Å². The number of methoxy groups -OCH3 is 1. The lowest BCUT2D eigenvalue weighted by Gasteiger charge is -2.23. The Labute approximate surface area is 102 Å². The molecule has 0 amide bonds. The molecule has 16 heavy (non-hydrogen) atoms. The van der Waals surface area contributed by atoms with Crippen molar-refractivity contribution in [2.45, 2.75) is 52.1 Å². The fourth-order valence-electron chi connectivity index (χ4n) is 1.64. The molecular weight excluding hydrogens is 200 g/mol. The summed E-state index contributed by atoms with van der Waals surface area (Å²) in [4.78, 5) is 2.37. The maximum absolute atomic E-state index is 5.14. The van der Waals surface area contributed by atoms with E-state index >= 15 is 0 Å². The van der Waals surface area contributed by atoms with Crippen molar-refractivity contribution >= 4 is 0 Å². The predicted octanol–water partition coefficient (Wildman–Crippen LogP) is 2.12. The highest BCUT2D eigenvalue weighted by Gasteiger charge is 2.07. The van der Waals surface area contributed by atoms with E-state index in [0.29, 0.717) is 12.1 Å². The number of rotatable bonds is 10. The number of nitrogens with zero attached hydrogens (tertiary/aromatic N) is 1. The Balaban J connectivity index is 3.30. The number of likely N-dealkylation sites (N-methyl/N-ethyl adjacent to an activating group) is 1. The van der Waals surface area contributed by atoms with Crippen LogP contribution in [-0.4, -0.2) is 50.8 Å². The second-order valence-electron chi connectivity index (χ2n) is 4.95. The topological polar surface area (TPSA) is 24.5 Å². The van der Waals surface area contributed by atoms with Crippen molar-refractivity contribution in [1.82, 2.24) is 10.2 Å². The number of hydrogen-bond donors (Lipinski definition) is 1. The van der Waals surface area contributed by atoms with Gasteiger partial charge in [0.25, 0.3) is 0 Å². The van der Waals surface area contributed by atoms with Crippen molar-refractivity contribution in [3.63, 3.8) is 0 Å². The van der Waals surface area contributed by atoms with Crippen LogP contribution in [0, 0.1) is 0 Å². The van der Waals surface area contributed by atoms with E-state index in [-0.39, 0.29) is 0 Å². The molecular formula is C13H30N2O. The maximum atomic E-state index is 5.14. The largest absolute Gasteiger partial charge is 0.383 e. The van der Waals surface area contributed by atoms with E-state index < -0.39 is 0 Å². The lowest BCUT2D eigenvalue weighted by molar-refractivity contribution is 0.114. The van der Waals surface area contributed by atoms with Crippen LogP contribution in [0.1, 0.15) is 40.0 Å². The quantitative estimate of drug-likeness (QED) is 0.582. The van der Waals surface area contributed by atoms with Crippen molar-refractivity contribution < 1.29 is 4.74 Å². The van der Waals surface area contributed by atoms with Crippen molar-refractivity contribution in [2.24, 2.45) is 0 Å². The summed E-state index contributed by atoms with van der Waals surface area (Å²) in [6.07, 6.45) is 3.87. The standard InChI is InChI=1S/C13H30N2O/c1-12(2)14-9-7-6-8-10-15(4)13(3)11-16-5/h12-14H,6-11H2,1-5H3. The molecule has 3 heteroatoms. The fraction of sp³-hybridized carbons (Fsp3) is 1.00. The normalized spacial score (nSPS) is 13.7. The minimum atomic E-state index is 0.527. The first-order valence-corrected chi connectivity index (χ1v) is 6.50. The fourth-order valence-corrected chi connectivity index (χ4v) is 1.64. The minimum Gasteiger partial charge on any atom is -0.383 e.